The van der Waals surface area contributed by atoms with Gasteiger partial charge in [0.15, 0.2) is 0 Å². The van der Waals surface area contributed by atoms with Gasteiger partial charge in [-0.05, 0) is 12.1 Å². The molecule has 4 atom stereocenters. The highest BCUT2D eigenvalue weighted by Gasteiger charge is 2.43. The smallest absolute Gasteiger partial charge is 0.130 e. The molecule has 6 heteroatoms. The van der Waals surface area contributed by atoms with Gasteiger partial charge in [0.2, 0.25) is 0 Å². The highest BCUT2D eigenvalue weighted by molar-refractivity contribution is 5.09. The Morgan fingerprint density at radius 3 is 2.67 bits per heavy atom. The number of rotatable bonds is 2. The second kappa shape index (κ2) is 4.19. The minimum Gasteiger partial charge on any atom is -0.394 e. The second-order valence-electron chi connectivity index (χ2n) is 3.41. The Labute approximate surface area is 86.2 Å². The van der Waals surface area contributed by atoms with Crippen molar-refractivity contribution in [3.63, 3.8) is 0 Å². The molecule has 2 rings (SSSR count). The van der Waals surface area contributed by atoms with Crippen molar-refractivity contribution in [3.8, 4) is 0 Å². The number of ether oxygens (including phenoxy) is 1. The van der Waals surface area contributed by atoms with Crippen molar-refractivity contribution in [2.45, 2.75) is 24.4 Å². The van der Waals surface area contributed by atoms with Crippen molar-refractivity contribution in [2.24, 2.45) is 0 Å². The first kappa shape index (κ1) is 10.4. The summed E-state index contributed by atoms with van der Waals surface area (Å²) < 4.78 is 5.27. The Morgan fingerprint density at radius 1 is 1.33 bits per heavy atom. The minimum atomic E-state index is -1.10. The van der Waals surface area contributed by atoms with Crippen LogP contribution in [-0.4, -0.2) is 50.4 Å². The molecule has 1 aliphatic heterocycles. The Morgan fingerprint density at radius 2 is 2.13 bits per heavy atom. The fourth-order valence-corrected chi connectivity index (χ4v) is 1.61. The van der Waals surface area contributed by atoms with Gasteiger partial charge in [-0.1, -0.05) is 0 Å². The van der Waals surface area contributed by atoms with Crippen LogP contribution in [0, 0.1) is 0 Å². The molecule has 1 fully saturated rings. The van der Waals surface area contributed by atoms with Gasteiger partial charge in [0, 0.05) is 6.20 Å². The molecule has 0 aliphatic carbocycles. The highest BCUT2D eigenvalue weighted by Crippen LogP contribution is 2.31. The third kappa shape index (κ3) is 1.84. The predicted molar refractivity (Wildman–Crippen MR) is 48.7 cm³/mol. The molecule has 0 unspecified atom stereocenters. The van der Waals surface area contributed by atoms with Gasteiger partial charge in [0.05, 0.1) is 12.3 Å². The summed E-state index contributed by atoms with van der Waals surface area (Å²) in [6.45, 7) is -0.338. The molecule has 6 nitrogen and oxygen atoms in total. The molecule has 0 spiro atoms. The van der Waals surface area contributed by atoms with Crippen LogP contribution in [0.4, 0.5) is 0 Å². The minimum absolute atomic E-state index is 0.338. The molecule has 0 amide bonds. The van der Waals surface area contributed by atoms with E-state index in [2.05, 4.69) is 10.2 Å². The van der Waals surface area contributed by atoms with Crippen LogP contribution in [-0.2, 0) is 4.74 Å². The average molecular weight is 212 g/mol. The standard InChI is InChI=1S/C9H12N2O4/c12-4-6-7(13)8(14)9(15-6)5-2-1-3-10-11-5/h1-3,6-9,12-14H,4H2/t6-,7-,8-,9+/m1/s1. The maximum Gasteiger partial charge on any atom is 0.130 e. The van der Waals surface area contributed by atoms with Crippen LogP contribution >= 0.6 is 0 Å². The van der Waals surface area contributed by atoms with Crippen LogP contribution in [0.1, 0.15) is 11.8 Å². The van der Waals surface area contributed by atoms with E-state index in [0.29, 0.717) is 5.69 Å². The molecule has 0 aromatic carbocycles. The zero-order valence-corrected chi connectivity index (χ0v) is 7.89. The summed E-state index contributed by atoms with van der Waals surface area (Å²) >= 11 is 0. The van der Waals surface area contributed by atoms with Crippen LogP contribution in [0.25, 0.3) is 0 Å². The molecule has 1 saturated heterocycles. The molecule has 0 bridgehead atoms. The van der Waals surface area contributed by atoms with Crippen molar-refractivity contribution < 1.29 is 20.1 Å². The van der Waals surface area contributed by atoms with Gasteiger partial charge < -0.3 is 20.1 Å². The quantitative estimate of drug-likeness (QED) is 0.560. The number of nitrogens with zero attached hydrogens (tertiary/aromatic N) is 2. The van der Waals surface area contributed by atoms with Crippen molar-refractivity contribution in [3.05, 3.63) is 24.0 Å². The van der Waals surface area contributed by atoms with Crippen LogP contribution < -0.4 is 0 Å². The zero-order chi connectivity index (χ0) is 10.8. The van der Waals surface area contributed by atoms with E-state index in [4.69, 9.17) is 9.84 Å². The van der Waals surface area contributed by atoms with Gasteiger partial charge in [-0.3, -0.25) is 0 Å². The molecule has 82 valence electrons. The summed E-state index contributed by atoms with van der Waals surface area (Å²) in [6.07, 6.45) is -2.18. The number of aromatic nitrogens is 2. The lowest BCUT2D eigenvalue weighted by atomic mass is 10.1. The fourth-order valence-electron chi connectivity index (χ4n) is 1.61. The van der Waals surface area contributed by atoms with Crippen molar-refractivity contribution >= 4 is 0 Å². The summed E-state index contributed by atoms with van der Waals surface area (Å²) in [6, 6.07) is 3.31. The summed E-state index contributed by atoms with van der Waals surface area (Å²) in [5.41, 5.74) is 0.444. The van der Waals surface area contributed by atoms with Crippen LogP contribution in [0.2, 0.25) is 0 Å². The monoisotopic (exact) mass is 212 g/mol. The van der Waals surface area contributed by atoms with Crippen LogP contribution in [0.15, 0.2) is 18.3 Å². The SMILES string of the molecule is OC[C@H]1O[C@@H](c2cccnn2)[C@H](O)[C@@H]1O. The molecule has 0 radical (unpaired) electrons. The van der Waals surface area contributed by atoms with Gasteiger partial charge in [0.1, 0.15) is 24.4 Å². The normalized spacial score (nSPS) is 35.7. The van der Waals surface area contributed by atoms with E-state index in [1.54, 1.807) is 12.1 Å². The molecule has 1 aromatic rings. The number of hydrogen-bond donors (Lipinski definition) is 3. The number of aliphatic hydroxyl groups is 3. The van der Waals surface area contributed by atoms with Gasteiger partial charge in [0.25, 0.3) is 0 Å². The maximum absolute atomic E-state index is 9.66. The first-order valence-corrected chi connectivity index (χ1v) is 4.64. The van der Waals surface area contributed by atoms with E-state index in [0.717, 1.165) is 0 Å². The first-order valence-electron chi connectivity index (χ1n) is 4.64. The topological polar surface area (TPSA) is 95.7 Å². The summed E-state index contributed by atoms with van der Waals surface area (Å²) in [5.74, 6) is 0. The summed E-state index contributed by atoms with van der Waals surface area (Å²) in [7, 11) is 0. The molecule has 3 N–H and O–H groups in total. The number of hydrogen-bond acceptors (Lipinski definition) is 6. The molecule has 1 aliphatic rings. The fraction of sp³-hybridized carbons (Fsp3) is 0.556. The third-order valence-corrected chi connectivity index (χ3v) is 2.43. The second-order valence-corrected chi connectivity index (χ2v) is 3.41. The van der Waals surface area contributed by atoms with Gasteiger partial charge in [-0.15, -0.1) is 0 Å². The van der Waals surface area contributed by atoms with Crippen LogP contribution in [0.3, 0.4) is 0 Å². The van der Waals surface area contributed by atoms with E-state index in [1.165, 1.54) is 6.20 Å². The lowest BCUT2D eigenvalue weighted by Gasteiger charge is -2.12. The van der Waals surface area contributed by atoms with Crippen molar-refractivity contribution in [2.75, 3.05) is 6.61 Å². The predicted octanol–water partition coefficient (Wildman–Crippen LogP) is -1.37. The maximum atomic E-state index is 9.66. The summed E-state index contributed by atoms with van der Waals surface area (Å²) in [5, 5.41) is 35.5. The zero-order valence-electron chi connectivity index (χ0n) is 7.89. The van der Waals surface area contributed by atoms with E-state index >= 15 is 0 Å². The van der Waals surface area contributed by atoms with E-state index in [9.17, 15) is 10.2 Å². The largest absolute Gasteiger partial charge is 0.394 e. The molecule has 15 heavy (non-hydrogen) atoms. The van der Waals surface area contributed by atoms with Crippen LogP contribution in [0.5, 0.6) is 0 Å². The highest BCUT2D eigenvalue weighted by atomic mass is 16.6. The van der Waals surface area contributed by atoms with Gasteiger partial charge >= 0.3 is 0 Å². The van der Waals surface area contributed by atoms with Crippen molar-refractivity contribution in [1.29, 1.82) is 0 Å². The molecule has 1 aromatic heterocycles. The Hall–Kier alpha value is -1.08. The lowest BCUT2D eigenvalue weighted by molar-refractivity contribution is -0.0241. The Bertz CT molecular complexity index is 321. The molecule has 0 saturated carbocycles. The van der Waals surface area contributed by atoms with E-state index in [1.807, 2.05) is 0 Å². The molecular formula is C9H12N2O4. The van der Waals surface area contributed by atoms with Gasteiger partial charge in [-0.2, -0.15) is 10.2 Å². The third-order valence-electron chi connectivity index (χ3n) is 2.43. The lowest BCUT2D eigenvalue weighted by Crippen LogP contribution is -2.32. The first-order chi connectivity index (χ1) is 7.24. The van der Waals surface area contributed by atoms with E-state index < -0.39 is 24.4 Å². The summed E-state index contributed by atoms with van der Waals surface area (Å²) in [4.78, 5) is 0. The number of aliphatic hydroxyl groups excluding tert-OH is 3. The average Bonchev–Trinajstić information content (AvgIpc) is 2.57. The van der Waals surface area contributed by atoms with Crippen molar-refractivity contribution in [1.82, 2.24) is 10.2 Å². The molecular weight excluding hydrogens is 200 g/mol. The Kier molecular flexibility index (Phi) is 2.92. The molecule has 2 heterocycles. The van der Waals surface area contributed by atoms with E-state index in [-0.39, 0.29) is 6.61 Å². The Balaban J connectivity index is 2.19. The van der Waals surface area contributed by atoms with Gasteiger partial charge in [-0.25, -0.2) is 0 Å².